The van der Waals surface area contributed by atoms with Crippen molar-refractivity contribution < 1.29 is 9.50 Å². The molecule has 2 rings (SSSR count). The van der Waals surface area contributed by atoms with Crippen LogP contribution in [-0.2, 0) is 6.54 Å². The topological polar surface area (TPSA) is 32.3 Å². The van der Waals surface area contributed by atoms with Gasteiger partial charge in [-0.3, -0.25) is 0 Å². The van der Waals surface area contributed by atoms with Gasteiger partial charge in [0.25, 0.3) is 0 Å². The highest BCUT2D eigenvalue weighted by molar-refractivity contribution is 9.10. The minimum absolute atomic E-state index is 0.0935. The molecule has 2 aromatic carbocycles. The Kier molecular flexibility index (Phi) is 3.64. The number of anilines is 1. The second-order valence-electron chi connectivity index (χ2n) is 3.63. The summed E-state index contributed by atoms with van der Waals surface area (Å²) in [5.74, 6) is -0.258. The molecular formula is C13H11BrFNO. The zero-order valence-electron chi connectivity index (χ0n) is 8.95. The Morgan fingerprint density at radius 2 is 1.82 bits per heavy atom. The summed E-state index contributed by atoms with van der Waals surface area (Å²) in [5, 5.41) is 12.7. The molecule has 0 heterocycles. The summed E-state index contributed by atoms with van der Waals surface area (Å²) in [7, 11) is 0. The lowest BCUT2D eigenvalue weighted by atomic mass is 10.2. The van der Waals surface area contributed by atoms with Crippen LogP contribution in [0.3, 0.4) is 0 Å². The van der Waals surface area contributed by atoms with Crippen LogP contribution in [0.2, 0.25) is 0 Å². The molecule has 0 aromatic heterocycles. The monoisotopic (exact) mass is 295 g/mol. The van der Waals surface area contributed by atoms with Gasteiger partial charge in [0.2, 0.25) is 0 Å². The fourth-order valence-corrected chi connectivity index (χ4v) is 1.73. The van der Waals surface area contributed by atoms with Gasteiger partial charge in [0.1, 0.15) is 11.6 Å². The number of benzene rings is 2. The normalized spacial score (nSPS) is 10.2. The lowest BCUT2D eigenvalue weighted by Gasteiger charge is -2.08. The summed E-state index contributed by atoms with van der Waals surface area (Å²) in [5.41, 5.74) is 1.45. The van der Waals surface area contributed by atoms with Gasteiger partial charge < -0.3 is 10.4 Å². The van der Waals surface area contributed by atoms with Crippen LogP contribution < -0.4 is 5.32 Å². The van der Waals surface area contributed by atoms with Crippen LogP contribution in [-0.4, -0.2) is 5.11 Å². The third-order valence-corrected chi connectivity index (χ3v) is 2.90. The Balaban J connectivity index is 2.07. The molecule has 17 heavy (non-hydrogen) atoms. The van der Waals surface area contributed by atoms with Crippen LogP contribution >= 0.6 is 15.9 Å². The van der Waals surface area contributed by atoms with Gasteiger partial charge in [0.15, 0.2) is 0 Å². The lowest BCUT2D eigenvalue weighted by Crippen LogP contribution is -1.99. The van der Waals surface area contributed by atoms with Crippen LogP contribution in [0.4, 0.5) is 10.1 Å². The quantitative estimate of drug-likeness (QED) is 0.900. The highest BCUT2D eigenvalue weighted by Gasteiger charge is 2.02. The van der Waals surface area contributed by atoms with Crippen molar-refractivity contribution in [3.63, 3.8) is 0 Å². The average molecular weight is 296 g/mol. The van der Waals surface area contributed by atoms with Gasteiger partial charge in [-0.2, -0.15) is 0 Å². The van der Waals surface area contributed by atoms with Crippen molar-refractivity contribution in [2.45, 2.75) is 6.54 Å². The molecular weight excluding hydrogens is 285 g/mol. The molecule has 0 fully saturated rings. The first-order valence-electron chi connectivity index (χ1n) is 5.12. The van der Waals surface area contributed by atoms with Crippen LogP contribution in [0.5, 0.6) is 5.75 Å². The van der Waals surface area contributed by atoms with Gasteiger partial charge in [-0.15, -0.1) is 0 Å². The van der Waals surface area contributed by atoms with Gasteiger partial charge >= 0.3 is 0 Å². The Morgan fingerprint density at radius 3 is 2.53 bits per heavy atom. The molecule has 0 unspecified atom stereocenters. The molecule has 0 radical (unpaired) electrons. The van der Waals surface area contributed by atoms with E-state index < -0.39 is 0 Å². The van der Waals surface area contributed by atoms with E-state index in [9.17, 15) is 9.50 Å². The molecule has 2 N–H and O–H groups in total. The second kappa shape index (κ2) is 5.19. The molecule has 0 bridgehead atoms. The number of rotatable bonds is 3. The molecule has 0 aliphatic carbocycles. The standard InChI is InChI=1S/C13H11BrFNO/c14-10-1-4-12(5-2-10)16-8-9-7-11(15)3-6-13(9)17/h1-7,16-17H,8H2. The number of phenols is 1. The van der Waals surface area contributed by atoms with E-state index in [0.29, 0.717) is 12.1 Å². The Hall–Kier alpha value is -1.55. The maximum Gasteiger partial charge on any atom is 0.123 e. The minimum Gasteiger partial charge on any atom is -0.508 e. The number of phenolic OH excluding ortho intramolecular Hbond substituents is 1. The second-order valence-corrected chi connectivity index (χ2v) is 4.55. The smallest absolute Gasteiger partial charge is 0.123 e. The fraction of sp³-hybridized carbons (Fsp3) is 0.0769. The Morgan fingerprint density at radius 1 is 1.12 bits per heavy atom. The molecule has 0 aliphatic rings. The summed E-state index contributed by atoms with van der Waals surface area (Å²) in [6, 6.07) is 11.5. The zero-order chi connectivity index (χ0) is 12.3. The SMILES string of the molecule is Oc1ccc(F)cc1CNc1ccc(Br)cc1. The van der Waals surface area contributed by atoms with Crippen molar-refractivity contribution in [1.82, 2.24) is 0 Å². The molecule has 2 aromatic rings. The number of nitrogens with one attached hydrogen (secondary N) is 1. The van der Waals surface area contributed by atoms with Crippen molar-refractivity contribution in [2.75, 3.05) is 5.32 Å². The van der Waals surface area contributed by atoms with Crippen LogP contribution in [0.15, 0.2) is 46.9 Å². The summed E-state index contributed by atoms with van der Waals surface area (Å²) in [6.07, 6.45) is 0. The van der Waals surface area contributed by atoms with E-state index in [1.807, 2.05) is 24.3 Å². The van der Waals surface area contributed by atoms with E-state index >= 15 is 0 Å². The number of hydrogen-bond acceptors (Lipinski definition) is 2. The van der Waals surface area contributed by atoms with E-state index in [1.165, 1.54) is 18.2 Å². The average Bonchev–Trinajstić information content (AvgIpc) is 2.32. The van der Waals surface area contributed by atoms with Crippen LogP contribution in [0.25, 0.3) is 0 Å². The predicted molar refractivity (Wildman–Crippen MR) is 69.5 cm³/mol. The Bertz CT molecular complexity index is 513. The third-order valence-electron chi connectivity index (χ3n) is 2.37. The largest absolute Gasteiger partial charge is 0.508 e. The van der Waals surface area contributed by atoms with E-state index in [-0.39, 0.29) is 11.6 Å². The van der Waals surface area contributed by atoms with E-state index in [1.54, 1.807) is 0 Å². The molecule has 0 aliphatic heterocycles. The summed E-state index contributed by atoms with van der Waals surface area (Å²) >= 11 is 3.35. The highest BCUT2D eigenvalue weighted by atomic mass is 79.9. The maximum atomic E-state index is 13.0. The maximum absolute atomic E-state index is 13.0. The lowest BCUT2D eigenvalue weighted by molar-refractivity contribution is 0.466. The molecule has 0 amide bonds. The highest BCUT2D eigenvalue weighted by Crippen LogP contribution is 2.20. The summed E-state index contributed by atoms with van der Waals surface area (Å²) in [4.78, 5) is 0. The predicted octanol–water partition coefficient (Wildman–Crippen LogP) is 3.91. The summed E-state index contributed by atoms with van der Waals surface area (Å²) in [6.45, 7) is 0.380. The molecule has 88 valence electrons. The van der Waals surface area contributed by atoms with Crippen LogP contribution in [0, 0.1) is 5.82 Å². The van der Waals surface area contributed by atoms with Gasteiger partial charge in [-0.25, -0.2) is 4.39 Å². The molecule has 2 nitrogen and oxygen atoms in total. The number of halogens is 2. The van der Waals surface area contributed by atoms with Crippen molar-refractivity contribution in [1.29, 1.82) is 0 Å². The van der Waals surface area contributed by atoms with E-state index in [4.69, 9.17) is 0 Å². The minimum atomic E-state index is -0.351. The fourth-order valence-electron chi connectivity index (χ4n) is 1.46. The zero-order valence-corrected chi connectivity index (χ0v) is 10.5. The van der Waals surface area contributed by atoms with Crippen molar-refractivity contribution in [3.05, 3.63) is 58.3 Å². The van der Waals surface area contributed by atoms with Crippen molar-refractivity contribution in [2.24, 2.45) is 0 Å². The first-order valence-corrected chi connectivity index (χ1v) is 5.91. The van der Waals surface area contributed by atoms with E-state index in [2.05, 4.69) is 21.2 Å². The van der Waals surface area contributed by atoms with Gasteiger partial charge in [-0.1, -0.05) is 15.9 Å². The first kappa shape index (κ1) is 11.9. The first-order chi connectivity index (χ1) is 8.15. The van der Waals surface area contributed by atoms with Crippen molar-refractivity contribution in [3.8, 4) is 5.75 Å². The summed E-state index contributed by atoms with van der Waals surface area (Å²) < 4.78 is 14.0. The Labute approximate surface area is 107 Å². The van der Waals surface area contributed by atoms with Gasteiger partial charge in [0.05, 0.1) is 0 Å². The number of aromatic hydroxyl groups is 1. The molecule has 0 spiro atoms. The van der Waals surface area contributed by atoms with Crippen molar-refractivity contribution >= 4 is 21.6 Å². The van der Waals surface area contributed by atoms with Gasteiger partial charge in [-0.05, 0) is 42.5 Å². The molecule has 0 atom stereocenters. The molecule has 4 heteroatoms. The third kappa shape index (κ3) is 3.20. The van der Waals surface area contributed by atoms with Gasteiger partial charge in [0, 0.05) is 22.3 Å². The van der Waals surface area contributed by atoms with E-state index in [0.717, 1.165) is 10.2 Å². The van der Waals surface area contributed by atoms with Crippen LogP contribution in [0.1, 0.15) is 5.56 Å². The number of hydrogen-bond donors (Lipinski definition) is 2. The molecule has 0 saturated carbocycles. The molecule has 0 saturated heterocycles.